The predicted molar refractivity (Wildman–Crippen MR) is 92.8 cm³/mol. The summed E-state index contributed by atoms with van der Waals surface area (Å²) in [6, 6.07) is 6.16. The number of amides is 2. The molecule has 24 heavy (non-hydrogen) atoms. The minimum Gasteiger partial charge on any atom is -0.411 e. The number of hydrogen-bond donors (Lipinski definition) is 1. The molecule has 0 aromatic heterocycles. The summed E-state index contributed by atoms with van der Waals surface area (Å²) in [5.74, 6) is 0. The Balaban J connectivity index is 1.45. The van der Waals surface area contributed by atoms with Crippen molar-refractivity contribution in [2.45, 2.75) is 51.1 Å². The van der Waals surface area contributed by atoms with Gasteiger partial charge < -0.3 is 14.4 Å². The van der Waals surface area contributed by atoms with Crippen LogP contribution in [0, 0.1) is 6.92 Å². The van der Waals surface area contributed by atoms with E-state index in [2.05, 4.69) is 21.2 Å². The lowest BCUT2D eigenvalue weighted by Gasteiger charge is -2.33. The largest absolute Gasteiger partial charge is 0.414 e. The van der Waals surface area contributed by atoms with Gasteiger partial charge in [-0.25, -0.2) is 9.59 Å². The van der Waals surface area contributed by atoms with Gasteiger partial charge in [-0.1, -0.05) is 6.07 Å². The maximum Gasteiger partial charge on any atom is 0.414 e. The van der Waals surface area contributed by atoms with Gasteiger partial charge in [0, 0.05) is 16.6 Å². The van der Waals surface area contributed by atoms with Crippen LogP contribution in [0.1, 0.15) is 37.7 Å². The molecule has 0 radical (unpaired) electrons. The Hall–Kier alpha value is -1.76. The number of carbonyl (C=O) groups excluding carboxylic acids is 2. The number of benzene rings is 1. The molecule has 1 aromatic carbocycles. The number of aryl methyl sites for hydroxylation is 1. The fourth-order valence-corrected chi connectivity index (χ4v) is 3.85. The molecule has 2 amide bonds. The summed E-state index contributed by atoms with van der Waals surface area (Å²) < 4.78 is 10.8. The van der Waals surface area contributed by atoms with E-state index in [4.69, 9.17) is 9.47 Å². The van der Waals surface area contributed by atoms with Gasteiger partial charge in [-0.15, -0.1) is 0 Å². The maximum absolute atomic E-state index is 12.2. The number of nitrogens with zero attached hydrogens (tertiary/aromatic N) is 1. The molecule has 2 aliphatic heterocycles. The maximum atomic E-state index is 12.2. The van der Waals surface area contributed by atoms with E-state index in [0.29, 0.717) is 5.69 Å². The summed E-state index contributed by atoms with van der Waals surface area (Å²) in [4.78, 5) is 25.8. The van der Waals surface area contributed by atoms with Crippen LogP contribution in [0.5, 0.6) is 0 Å². The van der Waals surface area contributed by atoms with Gasteiger partial charge in [0.1, 0.15) is 0 Å². The molecule has 0 saturated carbocycles. The van der Waals surface area contributed by atoms with E-state index >= 15 is 0 Å². The molecule has 3 rings (SSSR count). The number of nitrogens with one attached hydrogen (secondary N) is 1. The molecule has 0 spiro atoms. The summed E-state index contributed by atoms with van der Waals surface area (Å²) in [6.07, 6.45) is 4.29. The van der Waals surface area contributed by atoms with Crippen molar-refractivity contribution >= 4 is 33.8 Å². The first-order valence-electron chi connectivity index (χ1n) is 8.19. The smallest absolute Gasteiger partial charge is 0.411 e. The van der Waals surface area contributed by atoms with Crippen molar-refractivity contribution in [2.75, 3.05) is 12.1 Å². The normalized spacial score (nSPS) is 22.2. The molecule has 2 fully saturated rings. The Morgan fingerprint density at radius 3 is 2.62 bits per heavy atom. The van der Waals surface area contributed by atoms with E-state index < -0.39 is 6.09 Å². The first kappa shape index (κ1) is 17.1. The zero-order chi connectivity index (χ0) is 17.1. The van der Waals surface area contributed by atoms with E-state index in [1.54, 1.807) is 0 Å². The quantitative estimate of drug-likeness (QED) is 0.767. The second-order valence-corrected chi connectivity index (χ2v) is 7.15. The van der Waals surface area contributed by atoms with Gasteiger partial charge in [0.05, 0.1) is 5.69 Å². The van der Waals surface area contributed by atoms with E-state index in [-0.39, 0.29) is 25.0 Å². The lowest BCUT2D eigenvalue weighted by molar-refractivity contribution is 0.000650. The molecule has 1 N–H and O–H groups in total. The molecule has 2 heterocycles. The average Bonchev–Trinajstić information content (AvgIpc) is 2.80. The van der Waals surface area contributed by atoms with Crippen LogP contribution in [0.4, 0.5) is 15.3 Å². The second-order valence-electron chi connectivity index (χ2n) is 6.29. The van der Waals surface area contributed by atoms with Crippen LogP contribution in [-0.4, -0.2) is 36.0 Å². The highest BCUT2D eigenvalue weighted by atomic mass is 79.9. The van der Waals surface area contributed by atoms with Gasteiger partial charge in [0.15, 0.2) is 0 Å². The Morgan fingerprint density at radius 1 is 1.21 bits per heavy atom. The molecule has 2 aliphatic rings. The Bertz CT molecular complexity index is 621. The SMILES string of the molecule is Cc1ccc(Br)c(NC(=O)OCOC(=O)N2C3CCCC2CC3)c1. The molecule has 6 nitrogen and oxygen atoms in total. The summed E-state index contributed by atoms with van der Waals surface area (Å²) in [5.41, 5.74) is 1.63. The number of piperidine rings is 1. The molecule has 0 aliphatic carbocycles. The summed E-state index contributed by atoms with van der Waals surface area (Å²) >= 11 is 3.36. The Labute approximate surface area is 149 Å². The van der Waals surface area contributed by atoms with E-state index in [0.717, 1.165) is 35.7 Å². The highest BCUT2D eigenvalue weighted by molar-refractivity contribution is 9.10. The lowest BCUT2D eigenvalue weighted by Crippen LogP contribution is -2.44. The fourth-order valence-electron chi connectivity index (χ4n) is 3.50. The standard InChI is InChI=1S/C17H21BrN2O4/c1-11-5-8-14(18)15(9-11)19-16(21)23-10-24-17(22)20-12-3-2-4-13(20)7-6-12/h5,8-9,12-13H,2-4,6-7,10H2,1H3,(H,19,21). The number of carbonyl (C=O) groups is 2. The van der Waals surface area contributed by atoms with Crippen molar-refractivity contribution in [2.24, 2.45) is 0 Å². The third-order valence-corrected chi connectivity index (χ3v) is 5.33. The van der Waals surface area contributed by atoms with E-state index in [9.17, 15) is 9.59 Å². The number of fused-ring (bicyclic) bond motifs is 2. The van der Waals surface area contributed by atoms with Gasteiger partial charge >= 0.3 is 12.2 Å². The van der Waals surface area contributed by atoms with E-state index in [1.807, 2.05) is 30.0 Å². The van der Waals surface area contributed by atoms with E-state index in [1.165, 1.54) is 6.42 Å². The lowest BCUT2D eigenvalue weighted by atomic mass is 10.0. The number of hydrogen-bond acceptors (Lipinski definition) is 4. The van der Waals surface area contributed by atoms with Gasteiger partial charge in [0.25, 0.3) is 0 Å². The predicted octanol–water partition coefficient (Wildman–Crippen LogP) is 4.42. The summed E-state index contributed by atoms with van der Waals surface area (Å²) in [6.45, 7) is 1.54. The number of halogens is 1. The van der Waals surface area contributed by atoms with Crippen LogP contribution in [0.3, 0.4) is 0 Å². The first-order chi connectivity index (χ1) is 11.5. The van der Waals surface area contributed by atoms with Crippen molar-refractivity contribution in [1.82, 2.24) is 4.90 Å². The molecule has 2 unspecified atom stereocenters. The summed E-state index contributed by atoms with van der Waals surface area (Å²) in [5, 5.41) is 2.62. The van der Waals surface area contributed by atoms with Gasteiger partial charge in [-0.05, 0) is 72.7 Å². The second kappa shape index (κ2) is 7.42. The van der Waals surface area contributed by atoms with Gasteiger partial charge in [-0.3, -0.25) is 5.32 Å². The van der Waals surface area contributed by atoms with Crippen LogP contribution in [-0.2, 0) is 9.47 Å². The van der Waals surface area contributed by atoms with Crippen molar-refractivity contribution < 1.29 is 19.1 Å². The van der Waals surface area contributed by atoms with Crippen LogP contribution in [0.2, 0.25) is 0 Å². The highest BCUT2D eigenvalue weighted by Crippen LogP contribution is 2.35. The highest BCUT2D eigenvalue weighted by Gasteiger charge is 2.40. The Kier molecular flexibility index (Phi) is 5.28. The zero-order valence-electron chi connectivity index (χ0n) is 13.6. The van der Waals surface area contributed by atoms with Crippen molar-refractivity contribution in [3.8, 4) is 0 Å². The molecule has 7 heteroatoms. The molecular formula is C17H21BrN2O4. The Morgan fingerprint density at radius 2 is 1.92 bits per heavy atom. The van der Waals surface area contributed by atoms with Crippen molar-refractivity contribution in [3.63, 3.8) is 0 Å². The van der Waals surface area contributed by atoms with Crippen molar-refractivity contribution in [3.05, 3.63) is 28.2 Å². The molecular weight excluding hydrogens is 376 g/mol. The summed E-state index contributed by atoms with van der Waals surface area (Å²) in [7, 11) is 0. The van der Waals surface area contributed by atoms with Gasteiger partial charge in [0.2, 0.25) is 6.79 Å². The molecule has 130 valence electrons. The monoisotopic (exact) mass is 396 g/mol. The number of ether oxygens (including phenoxy) is 2. The molecule has 1 aromatic rings. The molecule has 2 saturated heterocycles. The van der Waals surface area contributed by atoms with Crippen LogP contribution in [0.15, 0.2) is 22.7 Å². The first-order valence-corrected chi connectivity index (χ1v) is 8.99. The minimum absolute atomic E-state index is 0.285. The third-order valence-electron chi connectivity index (χ3n) is 4.64. The average molecular weight is 397 g/mol. The minimum atomic E-state index is -0.657. The number of rotatable bonds is 3. The van der Waals surface area contributed by atoms with Crippen LogP contribution in [0.25, 0.3) is 0 Å². The zero-order valence-corrected chi connectivity index (χ0v) is 15.2. The van der Waals surface area contributed by atoms with Crippen LogP contribution >= 0.6 is 15.9 Å². The topological polar surface area (TPSA) is 67.9 Å². The fraction of sp³-hybridized carbons (Fsp3) is 0.529. The molecule has 2 atom stereocenters. The number of anilines is 1. The van der Waals surface area contributed by atoms with Crippen LogP contribution < -0.4 is 5.32 Å². The van der Waals surface area contributed by atoms with Crippen molar-refractivity contribution in [1.29, 1.82) is 0 Å². The third kappa shape index (κ3) is 3.83. The molecule has 2 bridgehead atoms. The van der Waals surface area contributed by atoms with Gasteiger partial charge in [-0.2, -0.15) is 0 Å².